The Labute approximate surface area is 114 Å². The van der Waals surface area contributed by atoms with Crippen LogP contribution in [0, 0.1) is 6.92 Å². The first-order valence-electron chi connectivity index (χ1n) is 5.90. The molecule has 5 heteroatoms. The second kappa shape index (κ2) is 4.85. The molecule has 0 saturated carbocycles. The predicted molar refractivity (Wildman–Crippen MR) is 74.4 cm³/mol. The molecule has 0 unspecified atom stereocenters. The second-order valence-corrected chi connectivity index (χ2v) is 5.11. The van der Waals surface area contributed by atoms with Gasteiger partial charge in [-0.2, -0.15) is 0 Å². The molecule has 0 spiro atoms. The van der Waals surface area contributed by atoms with E-state index in [1.165, 1.54) is 6.07 Å². The Bertz CT molecular complexity index is 741. The van der Waals surface area contributed by atoms with Crippen molar-refractivity contribution in [2.24, 2.45) is 0 Å². The summed E-state index contributed by atoms with van der Waals surface area (Å²) in [6.45, 7) is 2.30. The Hall–Kier alpha value is -2.14. The van der Waals surface area contributed by atoms with Crippen LogP contribution in [0.1, 0.15) is 11.5 Å². The van der Waals surface area contributed by atoms with Gasteiger partial charge in [0.25, 0.3) is 5.56 Å². The number of pyridine rings is 1. The molecule has 0 saturated heterocycles. The number of oxazole rings is 1. The third-order valence-corrected chi connectivity index (χ3v) is 3.70. The van der Waals surface area contributed by atoms with E-state index < -0.39 is 0 Å². The highest BCUT2D eigenvalue weighted by Gasteiger charge is 2.12. The third-order valence-electron chi connectivity index (χ3n) is 2.84. The smallest absolute Gasteiger partial charge is 0.250 e. The highest BCUT2D eigenvalue weighted by atomic mass is 32.1. The summed E-state index contributed by atoms with van der Waals surface area (Å²) >= 11 is 1.58. The first-order chi connectivity index (χ1) is 9.24. The van der Waals surface area contributed by atoms with E-state index in [0.717, 1.165) is 16.3 Å². The molecule has 0 aromatic carbocycles. The maximum atomic E-state index is 11.7. The Balaban J connectivity index is 1.94. The van der Waals surface area contributed by atoms with Gasteiger partial charge in [-0.15, -0.1) is 11.3 Å². The molecular formula is C14H12N2O2S. The molecule has 0 radical (unpaired) electrons. The molecule has 3 heterocycles. The van der Waals surface area contributed by atoms with E-state index in [-0.39, 0.29) is 5.56 Å². The Morgan fingerprint density at radius 2 is 2.21 bits per heavy atom. The van der Waals surface area contributed by atoms with Crippen molar-refractivity contribution in [2.45, 2.75) is 13.5 Å². The summed E-state index contributed by atoms with van der Waals surface area (Å²) in [4.78, 5) is 17.1. The lowest BCUT2D eigenvalue weighted by Gasteiger charge is -2.01. The minimum Gasteiger partial charge on any atom is -0.440 e. The number of rotatable bonds is 3. The summed E-state index contributed by atoms with van der Waals surface area (Å²) in [5.41, 5.74) is 0.749. The van der Waals surface area contributed by atoms with Crippen LogP contribution in [-0.2, 0) is 6.54 Å². The van der Waals surface area contributed by atoms with Gasteiger partial charge in [-0.05, 0) is 24.4 Å². The topological polar surface area (TPSA) is 48.0 Å². The van der Waals surface area contributed by atoms with Gasteiger partial charge in [0.1, 0.15) is 11.5 Å². The van der Waals surface area contributed by atoms with Crippen LogP contribution in [0.5, 0.6) is 0 Å². The minimum atomic E-state index is -0.0393. The molecule has 3 rings (SSSR count). The summed E-state index contributed by atoms with van der Waals surface area (Å²) in [6.07, 6.45) is 1.75. The van der Waals surface area contributed by atoms with Gasteiger partial charge >= 0.3 is 0 Å². The standard InChI is InChI=1S/C14H12N2O2S/c1-10-11(9-16-7-3-2-6-13(16)17)15-14(18-10)12-5-4-8-19-12/h2-8H,9H2,1H3. The number of aromatic nitrogens is 2. The molecule has 0 fully saturated rings. The number of hydrogen-bond donors (Lipinski definition) is 0. The number of thiophene rings is 1. The monoisotopic (exact) mass is 272 g/mol. The van der Waals surface area contributed by atoms with E-state index in [0.29, 0.717) is 12.4 Å². The largest absolute Gasteiger partial charge is 0.440 e. The highest BCUT2D eigenvalue weighted by Crippen LogP contribution is 2.25. The molecule has 4 nitrogen and oxygen atoms in total. The van der Waals surface area contributed by atoms with Crippen molar-refractivity contribution in [1.82, 2.24) is 9.55 Å². The maximum absolute atomic E-state index is 11.7. The lowest BCUT2D eigenvalue weighted by atomic mass is 10.3. The van der Waals surface area contributed by atoms with E-state index in [9.17, 15) is 4.79 Å². The fraction of sp³-hybridized carbons (Fsp3) is 0.143. The van der Waals surface area contributed by atoms with Crippen molar-refractivity contribution >= 4 is 11.3 Å². The zero-order valence-electron chi connectivity index (χ0n) is 10.4. The van der Waals surface area contributed by atoms with Crippen LogP contribution >= 0.6 is 11.3 Å². The van der Waals surface area contributed by atoms with Crippen LogP contribution in [0.2, 0.25) is 0 Å². The molecule has 0 aliphatic carbocycles. The van der Waals surface area contributed by atoms with Crippen LogP contribution in [0.4, 0.5) is 0 Å². The first-order valence-corrected chi connectivity index (χ1v) is 6.77. The number of aryl methyl sites for hydroxylation is 1. The fourth-order valence-corrected chi connectivity index (χ4v) is 2.48. The lowest BCUT2D eigenvalue weighted by molar-refractivity contribution is 0.538. The van der Waals surface area contributed by atoms with Gasteiger partial charge in [-0.25, -0.2) is 4.98 Å². The van der Waals surface area contributed by atoms with Gasteiger partial charge in [0.15, 0.2) is 0 Å². The van der Waals surface area contributed by atoms with E-state index in [2.05, 4.69) is 4.98 Å². The summed E-state index contributed by atoms with van der Waals surface area (Å²) in [5.74, 6) is 1.37. The first kappa shape index (κ1) is 11.9. The van der Waals surface area contributed by atoms with Gasteiger partial charge in [0, 0.05) is 12.3 Å². The Morgan fingerprint density at radius 1 is 1.32 bits per heavy atom. The summed E-state index contributed by atoms with van der Waals surface area (Å²) in [6, 6.07) is 9.02. The van der Waals surface area contributed by atoms with Crippen LogP contribution in [0.15, 0.2) is 51.1 Å². The summed E-state index contributed by atoms with van der Waals surface area (Å²) in [5, 5.41) is 1.98. The Kier molecular flexibility index (Phi) is 3.05. The average molecular weight is 272 g/mol. The van der Waals surface area contributed by atoms with Crippen molar-refractivity contribution in [3.63, 3.8) is 0 Å². The summed E-state index contributed by atoms with van der Waals surface area (Å²) in [7, 11) is 0. The third kappa shape index (κ3) is 2.37. The molecule has 96 valence electrons. The molecule has 0 amide bonds. The molecule has 0 N–H and O–H groups in total. The molecule has 3 aromatic rings. The minimum absolute atomic E-state index is 0.0393. The predicted octanol–water partition coefficient (Wildman–Crippen LogP) is 2.92. The van der Waals surface area contributed by atoms with Crippen molar-refractivity contribution < 1.29 is 4.42 Å². The SMILES string of the molecule is Cc1oc(-c2cccs2)nc1Cn1ccccc1=O. The number of hydrogen-bond acceptors (Lipinski definition) is 4. The highest BCUT2D eigenvalue weighted by molar-refractivity contribution is 7.13. The normalized spacial score (nSPS) is 10.8. The van der Waals surface area contributed by atoms with Crippen LogP contribution in [0.25, 0.3) is 10.8 Å². The summed E-state index contributed by atoms with van der Waals surface area (Å²) < 4.78 is 7.27. The molecular weight excluding hydrogens is 260 g/mol. The molecule has 0 atom stereocenters. The zero-order chi connectivity index (χ0) is 13.2. The lowest BCUT2D eigenvalue weighted by Crippen LogP contribution is -2.18. The van der Waals surface area contributed by atoms with Crippen LogP contribution < -0.4 is 5.56 Å². The second-order valence-electron chi connectivity index (χ2n) is 4.17. The quantitative estimate of drug-likeness (QED) is 0.736. The molecule has 0 aliphatic heterocycles. The van der Waals surface area contributed by atoms with Crippen LogP contribution in [-0.4, -0.2) is 9.55 Å². The molecule has 3 aromatic heterocycles. The molecule has 19 heavy (non-hydrogen) atoms. The van der Waals surface area contributed by atoms with Crippen LogP contribution in [0.3, 0.4) is 0 Å². The van der Waals surface area contributed by atoms with E-state index in [1.54, 1.807) is 28.2 Å². The number of nitrogens with zero attached hydrogens (tertiary/aromatic N) is 2. The van der Waals surface area contributed by atoms with Crippen molar-refractivity contribution in [1.29, 1.82) is 0 Å². The fourth-order valence-electron chi connectivity index (χ4n) is 1.83. The van der Waals surface area contributed by atoms with Crippen molar-refractivity contribution in [2.75, 3.05) is 0 Å². The van der Waals surface area contributed by atoms with E-state index in [4.69, 9.17) is 4.42 Å². The molecule has 0 bridgehead atoms. The van der Waals surface area contributed by atoms with Gasteiger partial charge in [0.2, 0.25) is 5.89 Å². The van der Waals surface area contributed by atoms with Gasteiger partial charge < -0.3 is 8.98 Å². The van der Waals surface area contributed by atoms with Gasteiger partial charge in [-0.1, -0.05) is 12.1 Å². The van der Waals surface area contributed by atoms with E-state index in [1.807, 2.05) is 30.5 Å². The maximum Gasteiger partial charge on any atom is 0.250 e. The average Bonchev–Trinajstić information content (AvgIpc) is 3.02. The van der Waals surface area contributed by atoms with E-state index >= 15 is 0 Å². The van der Waals surface area contributed by atoms with Gasteiger partial charge in [-0.3, -0.25) is 4.79 Å². The zero-order valence-corrected chi connectivity index (χ0v) is 11.2. The van der Waals surface area contributed by atoms with Crippen molar-refractivity contribution in [3.8, 4) is 10.8 Å². The van der Waals surface area contributed by atoms with Gasteiger partial charge in [0.05, 0.1) is 11.4 Å². The molecule has 0 aliphatic rings. The Morgan fingerprint density at radius 3 is 2.95 bits per heavy atom. The van der Waals surface area contributed by atoms with Crippen molar-refractivity contribution in [3.05, 3.63) is 63.7 Å².